The molecule has 0 saturated heterocycles. The average Bonchev–Trinajstić information content (AvgIpc) is 3.07. The van der Waals surface area contributed by atoms with Crippen molar-refractivity contribution in [1.82, 2.24) is 9.55 Å². The molecule has 0 aliphatic heterocycles. The van der Waals surface area contributed by atoms with E-state index < -0.39 is 29.9 Å². The number of fused-ring (bicyclic) bond motifs is 1. The average molecular weight is 391 g/mol. The van der Waals surface area contributed by atoms with Crippen molar-refractivity contribution in [3.63, 3.8) is 0 Å². The summed E-state index contributed by atoms with van der Waals surface area (Å²) in [6.07, 6.45) is -4.74. The zero-order valence-corrected chi connectivity index (χ0v) is 14.9. The third-order valence-electron chi connectivity index (χ3n) is 4.21. The summed E-state index contributed by atoms with van der Waals surface area (Å²) in [5.41, 5.74) is 0.546. The molecule has 146 valence electrons. The lowest BCUT2D eigenvalue weighted by Crippen LogP contribution is -2.28. The molecule has 1 heterocycles. The van der Waals surface area contributed by atoms with Crippen molar-refractivity contribution in [2.75, 3.05) is 12.4 Å². The minimum atomic E-state index is -4.74. The van der Waals surface area contributed by atoms with E-state index in [9.17, 15) is 22.8 Å². The Bertz CT molecular complexity index is 1040. The SMILES string of the molecule is COC(=O)c1ccccc1NC(=O)C(C)n1c(C(F)(F)F)nc2ccccc21. The molecule has 28 heavy (non-hydrogen) atoms. The molecule has 0 radical (unpaired) electrons. The number of para-hydroxylation sites is 3. The molecule has 1 aromatic heterocycles. The molecule has 0 fully saturated rings. The number of benzene rings is 2. The fourth-order valence-electron chi connectivity index (χ4n) is 2.87. The van der Waals surface area contributed by atoms with Gasteiger partial charge in [-0.1, -0.05) is 24.3 Å². The summed E-state index contributed by atoms with van der Waals surface area (Å²) in [6.45, 7) is 1.33. The van der Waals surface area contributed by atoms with Crippen LogP contribution < -0.4 is 5.32 Å². The predicted molar refractivity (Wildman–Crippen MR) is 95.9 cm³/mol. The van der Waals surface area contributed by atoms with Crippen molar-refractivity contribution in [2.45, 2.75) is 19.1 Å². The van der Waals surface area contributed by atoms with Crippen LogP contribution in [0.3, 0.4) is 0 Å². The number of ether oxygens (including phenoxy) is 1. The number of carbonyl (C=O) groups is 2. The van der Waals surface area contributed by atoms with E-state index in [-0.39, 0.29) is 22.3 Å². The van der Waals surface area contributed by atoms with Gasteiger partial charge in [-0.15, -0.1) is 0 Å². The van der Waals surface area contributed by atoms with Gasteiger partial charge in [0.1, 0.15) is 6.04 Å². The Morgan fingerprint density at radius 1 is 1.11 bits per heavy atom. The number of esters is 1. The first kappa shape index (κ1) is 19.4. The number of hydrogen-bond donors (Lipinski definition) is 1. The zero-order chi connectivity index (χ0) is 20.5. The Labute approximate surface area is 157 Å². The number of anilines is 1. The number of nitrogens with zero attached hydrogens (tertiary/aromatic N) is 2. The second kappa shape index (κ2) is 7.34. The normalized spacial score (nSPS) is 12.6. The molecule has 1 unspecified atom stereocenters. The lowest BCUT2D eigenvalue weighted by Gasteiger charge is -2.19. The number of methoxy groups -OCH3 is 1. The van der Waals surface area contributed by atoms with E-state index in [1.54, 1.807) is 24.3 Å². The van der Waals surface area contributed by atoms with Gasteiger partial charge in [-0.05, 0) is 31.2 Å². The van der Waals surface area contributed by atoms with Gasteiger partial charge in [-0.3, -0.25) is 4.79 Å². The molecule has 2 aromatic carbocycles. The van der Waals surface area contributed by atoms with Gasteiger partial charge in [0, 0.05) is 0 Å². The molecule has 3 rings (SSSR count). The number of hydrogen-bond acceptors (Lipinski definition) is 4. The highest BCUT2D eigenvalue weighted by atomic mass is 19.4. The molecule has 9 heteroatoms. The molecule has 3 aromatic rings. The Kier molecular flexibility index (Phi) is 5.08. The largest absolute Gasteiger partial charge is 0.465 e. The summed E-state index contributed by atoms with van der Waals surface area (Å²) in [5, 5.41) is 2.50. The maximum absolute atomic E-state index is 13.5. The van der Waals surface area contributed by atoms with Crippen LogP contribution in [0.5, 0.6) is 0 Å². The van der Waals surface area contributed by atoms with Crippen LogP contribution >= 0.6 is 0 Å². The molecule has 1 atom stereocenters. The molecule has 6 nitrogen and oxygen atoms in total. The van der Waals surface area contributed by atoms with Crippen molar-refractivity contribution >= 4 is 28.6 Å². The lowest BCUT2D eigenvalue weighted by atomic mass is 10.1. The minimum absolute atomic E-state index is 0.0945. The van der Waals surface area contributed by atoms with Gasteiger partial charge in [0.2, 0.25) is 11.7 Å². The molecular formula is C19H16F3N3O3. The molecule has 0 aliphatic rings. The lowest BCUT2D eigenvalue weighted by molar-refractivity contribution is -0.148. The van der Waals surface area contributed by atoms with Gasteiger partial charge in [0.25, 0.3) is 0 Å². The molecule has 0 spiro atoms. The molecule has 0 aliphatic carbocycles. The number of amides is 1. The van der Waals surface area contributed by atoms with Crippen molar-refractivity contribution < 1.29 is 27.5 Å². The van der Waals surface area contributed by atoms with Crippen LogP contribution in [-0.4, -0.2) is 28.5 Å². The molecule has 0 bridgehead atoms. The van der Waals surface area contributed by atoms with Crippen molar-refractivity contribution in [3.05, 3.63) is 59.9 Å². The van der Waals surface area contributed by atoms with Crippen molar-refractivity contribution in [1.29, 1.82) is 0 Å². The monoisotopic (exact) mass is 391 g/mol. The smallest absolute Gasteiger partial charge is 0.449 e. The fourth-order valence-corrected chi connectivity index (χ4v) is 2.87. The zero-order valence-electron chi connectivity index (χ0n) is 14.9. The predicted octanol–water partition coefficient (Wildman–Crippen LogP) is 4.04. The van der Waals surface area contributed by atoms with Crippen LogP contribution in [-0.2, 0) is 15.7 Å². The number of rotatable bonds is 4. The summed E-state index contributed by atoms with van der Waals surface area (Å²) in [5.74, 6) is -2.57. The quantitative estimate of drug-likeness (QED) is 0.682. The third kappa shape index (κ3) is 3.55. The van der Waals surface area contributed by atoms with Crippen LogP contribution in [0, 0.1) is 0 Å². The van der Waals surface area contributed by atoms with Crippen molar-refractivity contribution in [3.8, 4) is 0 Å². The summed E-state index contributed by atoms with van der Waals surface area (Å²) < 4.78 is 45.9. The molecular weight excluding hydrogens is 375 g/mol. The maximum atomic E-state index is 13.5. The highest BCUT2D eigenvalue weighted by Gasteiger charge is 2.39. The van der Waals surface area contributed by atoms with Gasteiger partial charge in [-0.2, -0.15) is 13.2 Å². The first-order chi connectivity index (χ1) is 13.2. The van der Waals surface area contributed by atoms with E-state index in [4.69, 9.17) is 0 Å². The van der Waals surface area contributed by atoms with Crippen LogP contribution in [0.1, 0.15) is 29.1 Å². The van der Waals surface area contributed by atoms with E-state index in [2.05, 4.69) is 15.0 Å². The Hall–Kier alpha value is -3.36. The Morgan fingerprint density at radius 2 is 1.75 bits per heavy atom. The van der Waals surface area contributed by atoms with E-state index in [1.165, 1.54) is 38.3 Å². The second-order valence-electron chi connectivity index (χ2n) is 5.99. The summed E-state index contributed by atoms with van der Waals surface area (Å²) in [6, 6.07) is 10.9. The van der Waals surface area contributed by atoms with E-state index in [0.717, 1.165) is 4.57 Å². The maximum Gasteiger partial charge on any atom is 0.449 e. The molecule has 1 N–H and O–H groups in total. The van der Waals surface area contributed by atoms with E-state index in [1.807, 2.05) is 0 Å². The standard InChI is InChI=1S/C19H16F3N3O3/c1-11(16(26)23-13-8-4-3-7-12(13)17(27)28-2)25-15-10-6-5-9-14(15)24-18(25)19(20,21)22/h3-11H,1-2H3,(H,23,26). The number of carbonyl (C=O) groups excluding carboxylic acids is 2. The highest BCUT2D eigenvalue weighted by molar-refractivity contribution is 6.02. The number of alkyl halides is 3. The van der Waals surface area contributed by atoms with Gasteiger partial charge in [-0.25, -0.2) is 9.78 Å². The number of imidazole rings is 1. The number of halogens is 3. The topological polar surface area (TPSA) is 73.2 Å². The van der Waals surface area contributed by atoms with E-state index in [0.29, 0.717) is 0 Å². The summed E-state index contributed by atoms with van der Waals surface area (Å²) >= 11 is 0. The van der Waals surface area contributed by atoms with Gasteiger partial charge in [0.15, 0.2) is 0 Å². The van der Waals surface area contributed by atoms with Crippen LogP contribution in [0.15, 0.2) is 48.5 Å². The minimum Gasteiger partial charge on any atom is -0.465 e. The second-order valence-corrected chi connectivity index (χ2v) is 5.99. The van der Waals surface area contributed by atoms with Crippen LogP contribution in [0.25, 0.3) is 11.0 Å². The Morgan fingerprint density at radius 3 is 2.43 bits per heavy atom. The number of nitrogens with one attached hydrogen (secondary N) is 1. The van der Waals surface area contributed by atoms with Crippen LogP contribution in [0.2, 0.25) is 0 Å². The molecule has 1 amide bonds. The van der Waals surface area contributed by atoms with Gasteiger partial charge in [0.05, 0.1) is 29.4 Å². The summed E-state index contributed by atoms with van der Waals surface area (Å²) in [7, 11) is 1.19. The highest BCUT2D eigenvalue weighted by Crippen LogP contribution is 2.34. The summed E-state index contributed by atoms with van der Waals surface area (Å²) in [4.78, 5) is 28.2. The van der Waals surface area contributed by atoms with Crippen molar-refractivity contribution in [2.24, 2.45) is 0 Å². The number of aromatic nitrogens is 2. The fraction of sp³-hybridized carbons (Fsp3) is 0.211. The first-order valence-corrected chi connectivity index (χ1v) is 8.26. The van der Waals surface area contributed by atoms with Crippen LogP contribution in [0.4, 0.5) is 18.9 Å². The first-order valence-electron chi connectivity index (χ1n) is 8.26. The van der Waals surface area contributed by atoms with E-state index >= 15 is 0 Å². The van der Waals surface area contributed by atoms with Gasteiger partial charge >= 0.3 is 12.1 Å². The van der Waals surface area contributed by atoms with Gasteiger partial charge < -0.3 is 14.6 Å². The third-order valence-corrected chi connectivity index (χ3v) is 4.21. The Balaban J connectivity index is 2.01. The molecule has 0 saturated carbocycles.